The third-order valence-corrected chi connectivity index (χ3v) is 5.10. The average molecular weight is 367 g/mol. The Hall–Kier alpha value is -2.49. The van der Waals surface area contributed by atoms with Crippen molar-refractivity contribution in [1.29, 1.82) is 0 Å². The molecule has 3 rings (SSSR count). The van der Waals surface area contributed by atoms with Crippen molar-refractivity contribution in [2.24, 2.45) is 0 Å². The molecule has 0 heterocycles. The lowest BCUT2D eigenvalue weighted by Crippen LogP contribution is -2.23. The molecule has 0 aliphatic heterocycles. The van der Waals surface area contributed by atoms with Gasteiger partial charge in [0.15, 0.2) is 0 Å². The molecule has 0 radical (unpaired) electrons. The molecule has 0 spiro atoms. The predicted octanol–water partition coefficient (Wildman–Crippen LogP) is 5.53. The van der Waals surface area contributed by atoms with Gasteiger partial charge in [-0.2, -0.15) is 0 Å². The number of hydrogen-bond acceptors (Lipinski definition) is 4. The van der Waals surface area contributed by atoms with E-state index in [0.29, 0.717) is 24.8 Å². The summed E-state index contributed by atoms with van der Waals surface area (Å²) in [5.41, 5.74) is 5.06. The van der Waals surface area contributed by atoms with E-state index in [-0.39, 0.29) is 5.97 Å². The van der Waals surface area contributed by atoms with Crippen molar-refractivity contribution in [1.82, 2.24) is 0 Å². The van der Waals surface area contributed by atoms with Gasteiger partial charge in [-0.25, -0.2) is 4.79 Å². The molecule has 144 valence electrons. The second-order valence-electron chi connectivity index (χ2n) is 7.30. The van der Waals surface area contributed by atoms with Crippen LogP contribution in [-0.2, 0) is 11.3 Å². The van der Waals surface area contributed by atoms with Gasteiger partial charge in [-0.15, -0.1) is 0 Å². The van der Waals surface area contributed by atoms with Crippen molar-refractivity contribution in [3.63, 3.8) is 0 Å². The summed E-state index contributed by atoms with van der Waals surface area (Å²) in [6.07, 6.45) is 6.31. The van der Waals surface area contributed by atoms with E-state index in [2.05, 4.69) is 41.8 Å². The topological polar surface area (TPSA) is 50.4 Å². The zero-order valence-corrected chi connectivity index (χ0v) is 16.4. The summed E-state index contributed by atoms with van der Waals surface area (Å²) in [4.78, 5) is 12.1. The van der Waals surface area contributed by atoms with Crippen LogP contribution >= 0.6 is 0 Å². The Kier molecular flexibility index (Phi) is 6.74. The van der Waals surface area contributed by atoms with E-state index in [1.165, 1.54) is 43.2 Å². The molecule has 0 bridgehead atoms. The summed E-state index contributed by atoms with van der Waals surface area (Å²) in [7, 11) is 0. The molecule has 0 unspecified atom stereocenters. The first-order valence-corrected chi connectivity index (χ1v) is 10.0. The highest BCUT2D eigenvalue weighted by atomic mass is 16.5. The van der Waals surface area contributed by atoms with Crippen LogP contribution < -0.4 is 10.6 Å². The largest absolute Gasteiger partial charge is 0.462 e. The maximum absolute atomic E-state index is 12.1. The quantitative estimate of drug-likeness (QED) is 0.633. The van der Waals surface area contributed by atoms with Crippen molar-refractivity contribution < 1.29 is 9.53 Å². The van der Waals surface area contributed by atoms with Gasteiger partial charge in [0, 0.05) is 12.6 Å². The number of rotatable bonds is 7. The van der Waals surface area contributed by atoms with Gasteiger partial charge in [0.1, 0.15) is 0 Å². The number of carbonyl (C=O) groups is 1. The number of anilines is 2. The predicted molar refractivity (Wildman–Crippen MR) is 111 cm³/mol. The lowest BCUT2D eigenvalue weighted by Gasteiger charge is -2.25. The monoisotopic (exact) mass is 366 g/mol. The number of esters is 1. The Bertz CT molecular complexity index is 749. The van der Waals surface area contributed by atoms with Crippen LogP contribution in [0.15, 0.2) is 42.5 Å². The summed E-state index contributed by atoms with van der Waals surface area (Å²) in [6, 6.07) is 14.8. The second-order valence-corrected chi connectivity index (χ2v) is 7.30. The minimum Gasteiger partial charge on any atom is -0.462 e. The SMILES string of the molecule is CCOC(=O)c1ccc(NC2CCCCC2)c(NCc2ccc(C)cc2)c1. The van der Waals surface area contributed by atoms with E-state index in [1.54, 1.807) is 0 Å². The van der Waals surface area contributed by atoms with Gasteiger partial charge in [-0.05, 0) is 50.5 Å². The molecule has 4 heteroatoms. The first kappa shape index (κ1) is 19.3. The van der Waals surface area contributed by atoms with Crippen LogP contribution in [0.4, 0.5) is 11.4 Å². The minimum atomic E-state index is -0.278. The number of ether oxygens (including phenoxy) is 1. The summed E-state index contributed by atoms with van der Waals surface area (Å²) in [5.74, 6) is -0.278. The Morgan fingerprint density at radius 3 is 2.48 bits per heavy atom. The molecule has 27 heavy (non-hydrogen) atoms. The van der Waals surface area contributed by atoms with Gasteiger partial charge < -0.3 is 15.4 Å². The maximum Gasteiger partial charge on any atom is 0.338 e. The molecule has 2 aromatic carbocycles. The fraction of sp³-hybridized carbons (Fsp3) is 0.435. The molecule has 2 aromatic rings. The smallest absolute Gasteiger partial charge is 0.338 e. The number of aryl methyl sites for hydroxylation is 1. The number of benzene rings is 2. The third kappa shape index (κ3) is 5.49. The lowest BCUT2D eigenvalue weighted by molar-refractivity contribution is 0.0526. The molecule has 1 fully saturated rings. The molecule has 0 atom stereocenters. The van der Waals surface area contributed by atoms with Crippen LogP contribution in [0.1, 0.15) is 60.5 Å². The lowest BCUT2D eigenvalue weighted by atomic mass is 9.95. The number of nitrogens with one attached hydrogen (secondary N) is 2. The van der Waals surface area contributed by atoms with Crippen LogP contribution in [0.2, 0.25) is 0 Å². The maximum atomic E-state index is 12.1. The summed E-state index contributed by atoms with van der Waals surface area (Å²) in [5, 5.41) is 7.18. The van der Waals surface area contributed by atoms with Crippen molar-refractivity contribution in [2.75, 3.05) is 17.2 Å². The normalized spacial score (nSPS) is 14.6. The molecule has 0 aromatic heterocycles. The summed E-state index contributed by atoms with van der Waals surface area (Å²) in [6.45, 7) is 5.01. The molecular formula is C23H30N2O2. The Labute approximate surface area is 162 Å². The van der Waals surface area contributed by atoms with Gasteiger partial charge in [0.2, 0.25) is 0 Å². The second kappa shape index (κ2) is 9.45. The van der Waals surface area contributed by atoms with E-state index >= 15 is 0 Å². The van der Waals surface area contributed by atoms with E-state index in [1.807, 2.05) is 25.1 Å². The molecule has 1 aliphatic carbocycles. The van der Waals surface area contributed by atoms with E-state index in [9.17, 15) is 4.79 Å². The summed E-state index contributed by atoms with van der Waals surface area (Å²) >= 11 is 0. The van der Waals surface area contributed by atoms with Gasteiger partial charge >= 0.3 is 5.97 Å². The summed E-state index contributed by atoms with van der Waals surface area (Å²) < 4.78 is 5.16. The zero-order chi connectivity index (χ0) is 19.1. The standard InChI is InChI=1S/C23H30N2O2/c1-3-27-23(26)19-13-14-21(25-20-7-5-4-6-8-20)22(15-19)24-16-18-11-9-17(2)10-12-18/h9-15,20,24-25H,3-8,16H2,1-2H3. The highest BCUT2D eigenvalue weighted by molar-refractivity contribution is 5.92. The fourth-order valence-corrected chi connectivity index (χ4v) is 3.53. The third-order valence-electron chi connectivity index (χ3n) is 5.10. The van der Waals surface area contributed by atoms with E-state index in [4.69, 9.17) is 4.74 Å². The Balaban J connectivity index is 1.77. The molecule has 1 saturated carbocycles. The minimum absolute atomic E-state index is 0.278. The highest BCUT2D eigenvalue weighted by Gasteiger charge is 2.16. The van der Waals surface area contributed by atoms with Crippen LogP contribution in [0.3, 0.4) is 0 Å². The van der Waals surface area contributed by atoms with Crippen molar-refractivity contribution in [2.45, 2.75) is 58.5 Å². The van der Waals surface area contributed by atoms with Crippen molar-refractivity contribution in [3.05, 3.63) is 59.2 Å². The van der Waals surface area contributed by atoms with E-state index in [0.717, 1.165) is 11.4 Å². The van der Waals surface area contributed by atoms with Gasteiger partial charge in [-0.3, -0.25) is 0 Å². The molecule has 1 aliphatic rings. The average Bonchev–Trinajstić information content (AvgIpc) is 2.69. The first-order valence-electron chi connectivity index (χ1n) is 10.0. The Morgan fingerprint density at radius 1 is 1.04 bits per heavy atom. The fourth-order valence-electron chi connectivity index (χ4n) is 3.53. The van der Waals surface area contributed by atoms with Gasteiger partial charge in [0.25, 0.3) is 0 Å². The van der Waals surface area contributed by atoms with Gasteiger partial charge in [-0.1, -0.05) is 49.1 Å². The van der Waals surface area contributed by atoms with E-state index < -0.39 is 0 Å². The van der Waals surface area contributed by atoms with Gasteiger partial charge in [0.05, 0.1) is 23.5 Å². The molecule has 0 amide bonds. The molecule has 0 saturated heterocycles. The van der Waals surface area contributed by atoms with Crippen LogP contribution in [0.25, 0.3) is 0 Å². The molecular weight excluding hydrogens is 336 g/mol. The zero-order valence-electron chi connectivity index (χ0n) is 16.4. The number of hydrogen-bond donors (Lipinski definition) is 2. The van der Waals surface area contributed by atoms with Crippen LogP contribution in [-0.4, -0.2) is 18.6 Å². The highest BCUT2D eigenvalue weighted by Crippen LogP contribution is 2.28. The molecule has 2 N–H and O–H groups in total. The first-order chi connectivity index (χ1) is 13.2. The van der Waals surface area contributed by atoms with Crippen molar-refractivity contribution >= 4 is 17.3 Å². The molecule has 4 nitrogen and oxygen atoms in total. The number of carbonyl (C=O) groups excluding carboxylic acids is 1. The van der Waals surface area contributed by atoms with Crippen LogP contribution in [0, 0.1) is 6.92 Å². The van der Waals surface area contributed by atoms with Crippen molar-refractivity contribution in [3.8, 4) is 0 Å². The Morgan fingerprint density at radius 2 is 1.78 bits per heavy atom. The van der Waals surface area contributed by atoms with Crippen LogP contribution in [0.5, 0.6) is 0 Å².